The number of halogens is 2. The SMILES string of the molecule is C=CCOc1ccc2c(c1)C1C(CCCCO)C(CCCCO)C=C3C(=NOC)CC(N(Cc4ccc(F)cc4)C(=O)OCCCl)C(OCC=C)(O2)C31. The molecular formula is C41H52ClFN2O8. The largest absolute Gasteiger partial charge is 0.490 e. The standard InChI is InChI=1S/C41H52ClFN2O8/c1-4-21-50-31-16-17-36-34(25-31)38-32(11-7-9-20-47)29(10-6-8-19-46)24-33-35(44-49-3)26-37(41(53-36,39(33)38)52-22-5-2)45(40(48)51-23-18-42)27-28-12-14-30(43)15-13-28/h4-5,12-17,24-25,29,32,37-39,46-47H,1-2,6-11,18-23,26-27H2,3H3. The van der Waals surface area contributed by atoms with Gasteiger partial charge in [-0.25, -0.2) is 9.18 Å². The molecule has 2 N–H and O–H groups in total. The summed E-state index contributed by atoms with van der Waals surface area (Å²) >= 11 is 5.99. The molecule has 5 rings (SSSR count). The lowest BCUT2D eigenvalue weighted by Gasteiger charge is -2.59. The van der Waals surface area contributed by atoms with E-state index in [9.17, 15) is 19.4 Å². The fourth-order valence-electron chi connectivity index (χ4n) is 8.30. The second-order valence-electron chi connectivity index (χ2n) is 13.6. The first kappa shape index (κ1) is 40.3. The van der Waals surface area contributed by atoms with E-state index in [1.54, 1.807) is 29.2 Å². The van der Waals surface area contributed by atoms with E-state index in [0.717, 1.165) is 36.8 Å². The summed E-state index contributed by atoms with van der Waals surface area (Å²) in [5.74, 6) is -1.10. The van der Waals surface area contributed by atoms with Crippen LogP contribution in [-0.2, 0) is 20.9 Å². The number of carbonyl (C=O) groups is 1. The number of allylic oxidation sites excluding steroid dienone is 1. The number of carbonyl (C=O) groups excluding carboxylic acids is 1. The summed E-state index contributed by atoms with van der Waals surface area (Å²) in [5.41, 5.74) is 3.16. The fourth-order valence-corrected chi connectivity index (χ4v) is 8.38. The van der Waals surface area contributed by atoms with Gasteiger partial charge in [0.2, 0.25) is 5.79 Å². The van der Waals surface area contributed by atoms with Gasteiger partial charge in [0.15, 0.2) is 0 Å². The zero-order chi connectivity index (χ0) is 37.8. The van der Waals surface area contributed by atoms with Crippen LogP contribution in [0, 0.1) is 23.6 Å². The Morgan fingerprint density at radius 1 is 1.08 bits per heavy atom. The first-order valence-electron chi connectivity index (χ1n) is 18.4. The Labute approximate surface area is 316 Å². The molecule has 6 unspecified atom stereocenters. The summed E-state index contributed by atoms with van der Waals surface area (Å²) in [6.45, 7) is 8.41. The number of rotatable bonds is 20. The monoisotopic (exact) mass is 754 g/mol. The van der Waals surface area contributed by atoms with Gasteiger partial charge < -0.3 is 34.0 Å². The lowest BCUT2D eigenvalue weighted by molar-refractivity contribution is -0.256. The van der Waals surface area contributed by atoms with Gasteiger partial charge in [0, 0.05) is 37.7 Å². The Balaban J connectivity index is 1.78. The van der Waals surface area contributed by atoms with Crippen molar-refractivity contribution in [2.24, 2.45) is 22.9 Å². The molecule has 0 aromatic heterocycles. The van der Waals surface area contributed by atoms with E-state index in [-0.39, 0.29) is 63.0 Å². The Morgan fingerprint density at radius 2 is 1.81 bits per heavy atom. The third-order valence-corrected chi connectivity index (χ3v) is 10.5. The van der Waals surface area contributed by atoms with E-state index in [2.05, 4.69) is 24.4 Å². The van der Waals surface area contributed by atoms with Crippen LogP contribution in [0.1, 0.15) is 62.0 Å². The maximum atomic E-state index is 14.2. The number of hydrogen-bond acceptors (Lipinski definition) is 9. The van der Waals surface area contributed by atoms with Crippen molar-refractivity contribution >= 4 is 23.4 Å². The first-order chi connectivity index (χ1) is 25.8. The average molecular weight is 755 g/mol. The highest BCUT2D eigenvalue weighted by molar-refractivity contribution is 6.18. The maximum Gasteiger partial charge on any atom is 0.410 e. The molecule has 288 valence electrons. The molecule has 53 heavy (non-hydrogen) atoms. The Morgan fingerprint density at radius 3 is 2.49 bits per heavy atom. The van der Waals surface area contributed by atoms with Gasteiger partial charge >= 0.3 is 6.09 Å². The second kappa shape index (κ2) is 19.4. The summed E-state index contributed by atoms with van der Waals surface area (Å²) in [6, 6.07) is 10.9. The number of hydrogen-bond donors (Lipinski definition) is 2. The maximum absolute atomic E-state index is 14.2. The van der Waals surface area contributed by atoms with Crippen LogP contribution in [0.15, 0.2) is 84.6 Å². The minimum absolute atomic E-state index is 0.0244. The lowest BCUT2D eigenvalue weighted by Crippen LogP contribution is -2.70. The highest BCUT2D eigenvalue weighted by Gasteiger charge is 2.65. The van der Waals surface area contributed by atoms with Crippen molar-refractivity contribution in [2.45, 2.75) is 69.2 Å². The van der Waals surface area contributed by atoms with E-state index >= 15 is 0 Å². The highest BCUT2D eigenvalue weighted by atomic mass is 35.5. The van der Waals surface area contributed by atoms with Crippen LogP contribution in [0.25, 0.3) is 0 Å². The van der Waals surface area contributed by atoms with Gasteiger partial charge in [-0.15, -0.1) is 18.2 Å². The van der Waals surface area contributed by atoms with E-state index in [4.69, 9.17) is 35.4 Å². The number of aliphatic hydroxyl groups excluding tert-OH is 2. The van der Waals surface area contributed by atoms with Crippen LogP contribution in [0.2, 0.25) is 0 Å². The molecule has 1 aliphatic heterocycles. The molecule has 6 atom stereocenters. The van der Waals surface area contributed by atoms with Gasteiger partial charge in [-0.05, 0) is 79.0 Å². The first-order valence-corrected chi connectivity index (χ1v) is 19.0. The smallest absolute Gasteiger partial charge is 0.410 e. The van der Waals surface area contributed by atoms with Crippen LogP contribution in [0.4, 0.5) is 9.18 Å². The number of ether oxygens (including phenoxy) is 4. The number of nitrogens with zero attached hydrogens (tertiary/aromatic N) is 2. The normalized spacial score (nSPS) is 25.0. The van der Waals surface area contributed by atoms with E-state index < -0.39 is 29.7 Å². The number of oxime groups is 1. The van der Waals surface area contributed by atoms with E-state index in [0.29, 0.717) is 42.2 Å². The summed E-state index contributed by atoms with van der Waals surface area (Å²) < 4.78 is 39.9. The zero-order valence-corrected chi connectivity index (χ0v) is 31.2. The minimum Gasteiger partial charge on any atom is -0.490 e. The number of benzene rings is 2. The van der Waals surface area contributed by atoms with Crippen molar-refractivity contribution in [3.8, 4) is 11.5 Å². The van der Waals surface area contributed by atoms with E-state index in [1.807, 2.05) is 18.2 Å². The molecule has 1 heterocycles. The minimum atomic E-state index is -1.47. The van der Waals surface area contributed by atoms with Crippen LogP contribution in [-0.4, -0.2) is 84.8 Å². The molecule has 12 heteroatoms. The molecule has 2 aromatic carbocycles. The quantitative estimate of drug-likeness (QED) is 0.0617. The number of unbranched alkanes of at least 4 members (excludes halogenated alkanes) is 2. The molecule has 1 saturated carbocycles. The molecule has 2 aliphatic carbocycles. The number of aliphatic hydroxyl groups is 2. The van der Waals surface area contributed by atoms with Crippen molar-refractivity contribution in [3.05, 3.63) is 96.4 Å². The van der Waals surface area contributed by atoms with Crippen LogP contribution < -0.4 is 9.47 Å². The summed E-state index contributed by atoms with van der Waals surface area (Å²) in [5, 5.41) is 24.1. The van der Waals surface area contributed by atoms with Gasteiger partial charge in [0.05, 0.1) is 24.1 Å². The van der Waals surface area contributed by atoms with Gasteiger partial charge in [-0.1, -0.05) is 54.9 Å². The highest BCUT2D eigenvalue weighted by Crippen LogP contribution is 2.62. The average Bonchev–Trinajstić information content (AvgIpc) is 3.17. The van der Waals surface area contributed by atoms with E-state index in [1.165, 1.54) is 19.2 Å². The lowest BCUT2D eigenvalue weighted by atomic mass is 9.55. The van der Waals surface area contributed by atoms with Crippen molar-refractivity contribution in [3.63, 3.8) is 0 Å². The molecule has 2 aromatic rings. The Bertz CT molecular complexity index is 1600. The van der Waals surface area contributed by atoms with Gasteiger partial charge in [0.1, 0.15) is 43.7 Å². The third kappa shape index (κ3) is 9.08. The molecule has 1 amide bonds. The molecule has 10 nitrogen and oxygen atoms in total. The van der Waals surface area contributed by atoms with Gasteiger partial charge in [-0.3, -0.25) is 4.90 Å². The van der Waals surface area contributed by atoms with Crippen LogP contribution in [0.5, 0.6) is 11.5 Å². The van der Waals surface area contributed by atoms with Gasteiger partial charge in [-0.2, -0.15) is 0 Å². The van der Waals surface area contributed by atoms with Crippen molar-refractivity contribution in [1.82, 2.24) is 4.90 Å². The topological polar surface area (TPSA) is 119 Å². The molecule has 1 fully saturated rings. The van der Waals surface area contributed by atoms with Crippen molar-refractivity contribution in [1.29, 1.82) is 0 Å². The molecular weight excluding hydrogens is 703 g/mol. The predicted molar refractivity (Wildman–Crippen MR) is 202 cm³/mol. The Kier molecular flexibility index (Phi) is 14.8. The fraction of sp³-hybridized carbons (Fsp3) is 0.512. The second-order valence-corrected chi connectivity index (χ2v) is 14.0. The summed E-state index contributed by atoms with van der Waals surface area (Å²) in [4.78, 5) is 21.2. The molecule has 0 radical (unpaired) electrons. The zero-order valence-electron chi connectivity index (χ0n) is 30.5. The van der Waals surface area contributed by atoms with Crippen molar-refractivity contribution < 1.29 is 43.2 Å². The molecule has 0 bridgehead atoms. The molecule has 3 aliphatic rings. The summed E-state index contributed by atoms with van der Waals surface area (Å²) in [7, 11) is 1.50. The number of alkyl halides is 1. The van der Waals surface area contributed by atoms with Gasteiger partial charge in [0.25, 0.3) is 0 Å². The number of fused-ring (bicyclic) bond motifs is 2. The third-order valence-electron chi connectivity index (χ3n) is 10.4. The van der Waals surface area contributed by atoms with Crippen LogP contribution in [0.3, 0.4) is 0 Å². The molecule has 0 spiro atoms. The molecule has 0 saturated heterocycles. The van der Waals surface area contributed by atoms with Crippen LogP contribution >= 0.6 is 11.6 Å². The Hall–Kier alpha value is -3.90. The predicted octanol–water partition coefficient (Wildman–Crippen LogP) is 7.53. The van der Waals surface area contributed by atoms with Crippen molar-refractivity contribution in [2.75, 3.05) is 46.0 Å². The summed E-state index contributed by atoms with van der Waals surface area (Å²) in [6.07, 6.45) is 9.72. The number of amides is 1.